The van der Waals surface area contributed by atoms with Gasteiger partial charge in [0.2, 0.25) is 5.91 Å². The van der Waals surface area contributed by atoms with Gasteiger partial charge in [0.05, 0.1) is 12.1 Å². The molecule has 2 rings (SSSR count). The molecule has 0 unspecified atom stereocenters. The number of aryl methyl sites for hydroxylation is 2. The van der Waals surface area contributed by atoms with Gasteiger partial charge in [-0.2, -0.15) is 0 Å². The highest BCUT2D eigenvalue weighted by atomic mass is 32.2. The van der Waals surface area contributed by atoms with Gasteiger partial charge >= 0.3 is 0 Å². The lowest BCUT2D eigenvalue weighted by Gasteiger charge is -2.03. The van der Waals surface area contributed by atoms with Crippen molar-refractivity contribution in [3.8, 4) is 0 Å². The molecule has 0 aliphatic heterocycles. The van der Waals surface area contributed by atoms with Crippen LogP contribution in [0.25, 0.3) is 0 Å². The molecule has 0 aliphatic carbocycles. The van der Waals surface area contributed by atoms with E-state index in [0.29, 0.717) is 11.6 Å². The van der Waals surface area contributed by atoms with E-state index < -0.39 is 0 Å². The van der Waals surface area contributed by atoms with Crippen LogP contribution >= 0.6 is 23.1 Å². The maximum atomic E-state index is 11.9. The van der Waals surface area contributed by atoms with Crippen LogP contribution in [0.5, 0.6) is 0 Å². The first-order valence-electron chi connectivity index (χ1n) is 5.95. The maximum absolute atomic E-state index is 11.9. The van der Waals surface area contributed by atoms with Crippen LogP contribution in [0, 0.1) is 13.8 Å². The van der Waals surface area contributed by atoms with E-state index in [0.717, 1.165) is 16.1 Å². The molecule has 0 aliphatic rings. The van der Waals surface area contributed by atoms with Crippen molar-refractivity contribution < 1.29 is 4.79 Å². The van der Waals surface area contributed by atoms with Gasteiger partial charge in [-0.25, -0.2) is 4.98 Å². The Morgan fingerprint density at radius 2 is 2.00 bits per heavy atom. The summed E-state index contributed by atoms with van der Waals surface area (Å²) in [7, 11) is 0. The summed E-state index contributed by atoms with van der Waals surface area (Å²) < 4.78 is 0. The number of aromatic nitrogens is 1. The summed E-state index contributed by atoms with van der Waals surface area (Å²) in [6.45, 7) is 3.95. The van der Waals surface area contributed by atoms with Gasteiger partial charge in [0.1, 0.15) is 0 Å². The van der Waals surface area contributed by atoms with Gasteiger partial charge in [-0.3, -0.25) is 4.79 Å². The van der Waals surface area contributed by atoms with Crippen LogP contribution in [0.2, 0.25) is 0 Å². The predicted octanol–water partition coefficient (Wildman–Crippen LogP) is 3.66. The topological polar surface area (TPSA) is 42.0 Å². The average Bonchev–Trinajstić information content (AvgIpc) is 2.69. The fourth-order valence-corrected chi connectivity index (χ4v) is 2.86. The van der Waals surface area contributed by atoms with Crippen LogP contribution < -0.4 is 5.32 Å². The SMILES string of the molecule is CSc1ccc(CC(=O)Nc2nc(C)c(C)s2)cc1. The molecule has 1 heterocycles. The number of hydrogen-bond donors (Lipinski definition) is 1. The summed E-state index contributed by atoms with van der Waals surface area (Å²) in [5.74, 6) is -0.0225. The van der Waals surface area contributed by atoms with Crippen molar-refractivity contribution in [1.29, 1.82) is 0 Å². The van der Waals surface area contributed by atoms with Gasteiger partial charge in [0, 0.05) is 9.77 Å². The molecule has 0 radical (unpaired) electrons. The minimum atomic E-state index is -0.0225. The molecule has 1 aromatic heterocycles. The zero-order chi connectivity index (χ0) is 13.8. The van der Waals surface area contributed by atoms with E-state index in [4.69, 9.17) is 0 Å². The summed E-state index contributed by atoms with van der Waals surface area (Å²) in [5, 5.41) is 3.53. The highest BCUT2D eigenvalue weighted by Gasteiger charge is 2.08. The molecule has 2 aromatic rings. The average molecular weight is 292 g/mol. The smallest absolute Gasteiger partial charge is 0.230 e. The summed E-state index contributed by atoms with van der Waals surface area (Å²) in [6.07, 6.45) is 2.42. The molecule has 0 spiro atoms. The summed E-state index contributed by atoms with van der Waals surface area (Å²) >= 11 is 3.21. The molecular weight excluding hydrogens is 276 g/mol. The first-order valence-corrected chi connectivity index (χ1v) is 7.99. The van der Waals surface area contributed by atoms with Gasteiger partial charge in [0.25, 0.3) is 0 Å². The van der Waals surface area contributed by atoms with Crippen molar-refractivity contribution in [3.05, 3.63) is 40.4 Å². The van der Waals surface area contributed by atoms with Crippen LogP contribution in [0.3, 0.4) is 0 Å². The lowest BCUT2D eigenvalue weighted by molar-refractivity contribution is -0.115. The molecule has 0 bridgehead atoms. The van der Waals surface area contributed by atoms with Crippen LogP contribution in [0.1, 0.15) is 16.1 Å². The van der Waals surface area contributed by atoms with E-state index in [1.165, 1.54) is 16.2 Å². The van der Waals surface area contributed by atoms with Gasteiger partial charge in [-0.15, -0.1) is 23.1 Å². The Morgan fingerprint density at radius 3 is 2.53 bits per heavy atom. The van der Waals surface area contributed by atoms with Crippen molar-refractivity contribution >= 4 is 34.1 Å². The van der Waals surface area contributed by atoms with E-state index in [-0.39, 0.29) is 5.91 Å². The normalized spacial score (nSPS) is 10.5. The van der Waals surface area contributed by atoms with Crippen molar-refractivity contribution in [2.75, 3.05) is 11.6 Å². The maximum Gasteiger partial charge on any atom is 0.230 e. The molecule has 0 atom stereocenters. The quantitative estimate of drug-likeness (QED) is 0.874. The highest BCUT2D eigenvalue weighted by Crippen LogP contribution is 2.21. The second kappa shape index (κ2) is 6.21. The highest BCUT2D eigenvalue weighted by molar-refractivity contribution is 7.98. The van der Waals surface area contributed by atoms with E-state index in [1.54, 1.807) is 11.8 Å². The Labute approximate surface area is 121 Å². The third-order valence-corrected chi connectivity index (χ3v) is 4.53. The number of nitrogens with one attached hydrogen (secondary N) is 1. The second-order valence-electron chi connectivity index (χ2n) is 4.23. The second-order valence-corrected chi connectivity index (χ2v) is 6.32. The Kier molecular flexibility index (Phi) is 4.61. The molecular formula is C14H16N2OS2. The van der Waals surface area contributed by atoms with Crippen LogP contribution in [-0.4, -0.2) is 17.1 Å². The molecule has 0 fully saturated rings. The monoisotopic (exact) mass is 292 g/mol. The third kappa shape index (κ3) is 3.81. The van der Waals surface area contributed by atoms with Crippen molar-refractivity contribution in [2.45, 2.75) is 25.2 Å². The van der Waals surface area contributed by atoms with Crippen LogP contribution in [-0.2, 0) is 11.2 Å². The molecule has 3 nitrogen and oxygen atoms in total. The van der Waals surface area contributed by atoms with E-state index in [1.807, 2.05) is 44.4 Å². The lowest BCUT2D eigenvalue weighted by Crippen LogP contribution is -2.14. The number of anilines is 1. The molecule has 0 saturated carbocycles. The van der Waals surface area contributed by atoms with E-state index in [2.05, 4.69) is 10.3 Å². The van der Waals surface area contributed by atoms with Crippen molar-refractivity contribution in [3.63, 3.8) is 0 Å². The number of carbonyl (C=O) groups excluding carboxylic acids is 1. The largest absolute Gasteiger partial charge is 0.302 e. The number of hydrogen-bond acceptors (Lipinski definition) is 4. The number of thioether (sulfide) groups is 1. The van der Waals surface area contributed by atoms with Crippen LogP contribution in [0.15, 0.2) is 29.2 Å². The molecule has 5 heteroatoms. The first-order chi connectivity index (χ1) is 9.08. The van der Waals surface area contributed by atoms with Gasteiger partial charge in [-0.1, -0.05) is 12.1 Å². The zero-order valence-electron chi connectivity index (χ0n) is 11.2. The Hall–Kier alpha value is -1.33. The fourth-order valence-electron chi connectivity index (χ4n) is 1.62. The Balaban J connectivity index is 1.96. The number of thiazole rings is 1. The number of rotatable bonds is 4. The number of benzene rings is 1. The minimum absolute atomic E-state index is 0.0225. The molecule has 1 N–H and O–H groups in total. The molecule has 100 valence electrons. The van der Waals surface area contributed by atoms with Crippen molar-refractivity contribution in [2.24, 2.45) is 0 Å². The summed E-state index contributed by atoms with van der Waals surface area (Å²) in [5.41, 5.74) is 1.99. The number of amides is 1. The van der Waals surface area contributed by atoms with E-state index in [9.17, 15) is 4.79 Å². The molecule has 1 aromatic carbocycles. The minimum Gasteiger partial charge on any atom is -0.302 e. The Morgan fingerprint density at radius 1 is 1.32 bits per heavy atom. The predicted molar refractivity (Wildman–Crippen MR) is 82.1 cm³/mol. The molecule has 0 saturated heterocycles. The number of carbonyl (C=O) groups is 1. The number of nitrogens with zero attached hydrogens (tertiary/aromatic N) is 1. The molecule has 1 amide bonds. The molecule has 19 heavy (non-hydrogen) atoms. The van der Waals surface area contributed by atoms with Gasteiger partial charge < -0.3 is 5.32 Å². The third-order valence-electron chi connectivity index (χ3n) is 2.80. The fraction of sp³-hybridized carbons (Fsp3) is 0.286. The van der Waals surface area contributed by atoms with Gasteiger partial charge in [0.15, 0.2) is 5.13 Å². The van der Waals surface area contributed by atoms with Crippen LogP contribution in [0.4, 0.5) is 5.13 Å². The van der Waals surface area contributed by atoms with Crippen molar-refractivity contribution in [1.82, 2.24) is 4.98 Å². The summed E-state index contributed by atoms with van der Waals surface area (Å²) in [6, 6.07) is 8.05. The summed E-state index contributed by atoms with van der Waals surface area (Å²) in [4.78, 5) is 18.6. The van der Waals surface area contributed by atoms with E-state index >= 15 is 0 Å². The first kappa shape index (κ1) is 14.1. The standard InChI is InChI=1S/C14H16N2OS2/c1-9-10(2)19-14(15-9)16-13(17)8-11-4-6-12(18-3)7-5-11/h4-7H,8H2,1-3H3,(H,15,16,17). The lowest BCUT2D eigenvalue weighted by atomic mass is 10.1. The van der Waals surface area contributed by atoms with Gasteiger partial charge in [-0.05, 0) is 37.8 Å². The Bertz CT molecular complexity index is 556. The zero-order valence-corrected chi connectivity index (χ0v) is 12.8.